The Morgan fingerprint density at radius 3 is 1.60 bits per heavy atom. The maximum atomic E-state index is 10.6. The first-order valence-corrected chi connectivity index (χ1v) is 4.60. The van der Waals surface area contributed by atoms with Crippen molar-refractivity contribution < 1.29 is 13.0 Å². The van der Waals surface area contributed by atoms with E-state index in [0.29, 0.717) is 0 Å². The molecule has 0 fully saturated rings. The van der Waals surface area contributed by atoms with Crippen LogP contribution in [-0.4, -0.2) is 17.7 Å². The van der Waals surface area contributed by atoms with Gasteiger partial charge >= 0.3 is 0 Å². The fourth-order valence-corrected chi connectivity index (χ4v) is 0.894. The fourth-order valence-electron chi connectivity index (χ4n) is 0.298. The van der Waals surface area contributed by atoms with Crippen molar-refractivity contribution in [2.45, 2.75) is 32.4 Å². The zero-order valence-electron chi connectivity index (χ0n) is 6.75. The lowest BCUT2D eigenvalue weighted by Gasteiger charge is -2.24. The minimum Gasteiger partial charge on any atom is -0.285 e. The molecule has 0 saturated heterocycles. The van der Waals surface area contributed by atoms with Gasteiger partial charge in [0.1, 0.15) is 0 Å². The quantitative estimate of drug-likeness (QED) is 0.629. The molecule has 0 heterocycles. The molecule has 0 aliphatic rings. The van der Waals surface area contributed by atoms with Gasteiger partial charge in [0.15, 0.2) is 0 Å². The largest absolute Gasteiger partial charge is 0.285 e. The number of hydrogen-bond acceptors (Lipinski definition) is 2. The van der Waals surface area contributed by atoms with Crippen LogP contribution in [0.3, 0.4) is 0 Å². The lowest BCUT2D eigenvalue weighted by atomic mass is 10.00. The molecule has 0 unspecified atom stereocenters. The van der Waals surface area contributed by atoms with Crippen molar-refractivity contribution >= 4 is 10.1 Å². The molecule has 0 radical (unpaired) electrons. The highest BCUT2D eigenvalue weighted by Crippen LogP contribution is 2.24. The van der Waals surface area contributed by atoms with Crippen LogP contribution in [0.5, 0.6) is 0 Å². The summed E-state index contributed by atoms with van der Waals surface area (Å²) in [6.45, 7) is 6.53. The Kier molecular flexibility index (Phi) is 2.49. The van der Waals surface area contributed by atoms with Crippen LogP contribution in [0.25, 0.3) is 0 Å². The zero-order valence-corrected chi connectivity index (χ0v) is 7.57. The summed E-state index contributed by atoms with van der Waals surface area (Å²) >= 11 is 0. The van der Waals surface area contributed by atoms with Crippen molar-refractivity contribution in [3.63, 3.8) is 0 Å². The van der Waals surface area contributed by atoms with Crippen LogP contribution in [0.2, 0.25) is 0 Å². The van der Waals surface area contributed by atoms with Crippen LogP contribution in [0.15, 0.2) is 0 Å². The normalized spacial score (nSPS) is 14.2. The lowest BCUT2D eigenvalue weighted by Crippen LogP contribution is -2.36. The number of rotatable bonds is 2. The van der Waals surface area contributed by atoms with Crippen molar-refractivity contribution in [2.24, 2.45) is 5.92 Å². The van der Waals surface area contributed by atoms with Crippen molar-refractivity contribution in [3.8, 4) is 0 Å². The van der Waals surface area contributed by atoms with Gasteiger partial charge in [-0.2, -0.15) is 8.42 Å². The highest BCUT2D eigenvalue weighted by molar-refractivity contribution is 7.87. The molecular weight excluding hydrogens is 152 g/mol. The van der Waals surface area contributed by atoms with Crippen LogP contribution in [0, 0.1) is 5.92 Å². The summed E-state index contributed by atoms with van der Waals surface area (Å²) in [6, 6.07) is 0. The van der Waals surface area contributed by atoms with Gasteiger partial charge in [0, 0.05) is 0 Å². The maximum Gasteiger partial charge on any atom is 0.270 e. The molecule has 0 bridgehead atoms. The predicted molar refractivity (Wildman–Crippen MR) is 40.5 cm³/mol. The van der Waals surface area contributed by atoms with Gasteiger partial charge in [-0.3, -0.25) is 4.55 Å². The molecular formula is C6H14O3S. The molecule has 0 atom stereocenters. The fraction of sp³-hybridized carbons (Fsp3) is 1.00. The van der Waals surface area contributed by atoms with Crippen molar-refractivity contribution in [1.82, 2.24) is 0 Å². The van der Waals surface area contributed by atoms with Crippen molar-refractivity contribution in [1.29, 1.82) is 0 Å². The standard InChI is InChI=1S/C6H14O3S/c1-5(2)6(3,4)10(7,8)9/h5H,1-4H3,(H,7,8,9). The molecule has 0 aliphatic heterocycles. The summed E-state index contributed by atoms with van der Waals surface area (Å²) in [5.41, 5.74) is 0. The molecule has 0 aromatic rings. The smallest absolute Gasteiger partial charge is 0.270 e. The average Bonchev–Trinajstić information content (AvgIpc) is 1.62. The third-order valence-corrected chi connectivity index (χ3v) is 3.86. The van der Waals surface area contributed by atoms with Gasteiger partial charge in [-0.05, 0) is 19.8 Å². The molecule has 62 valence electrons. The van der Waals surface area contributed by atoms with Crippen molar-refractivity contribution in [3.05, 3.63) is 0 Å². The third-order valence-electron chi connectivity index (χ3n) is 2.06. The minimum absolute atomic E-state index is 0.0810. The van der Waals surface area contributed by atoms with Gasteiger partial charge in [0.25, 0.3) is 10.1 Å². The van der Waals surface area contributed by atoms with Gasteiger partial charge in [-0.25, -0.2) is 0 Å². The van der Waals surface area contributed by atoms with E-state index in [4.69, 9.17) is 4.55 Å². The summed E-state index contributed by atoms with van der Waals surface area (Å²) in [5, 5.41) is 0. The van der Waals surface area contributed by atoms with E-state index < -0.39 is 14.9 Å². The minimum atomic E-state index is -3.90. The Bertz CT molecular complexity index is 201. The summed E-state index contributed by atoms with van der Waals surface area (Å²) in [4.78, 5) is 0. The topological polar surface area (TPSA) is 54.4 Å². The average molecular weight is 166 g/mol. The highest BCUT2D eigenvalue weighted by Gasteiger charge is 2.35. The Labute approximate surface area is 62.2 Å². The Hall–Kier alpha value is -0.0900. The molecule has 0 rings (SSSR count). The first kappa shape index (κ1) is 9.91. The van der Waals surface area contributed by atoms with Gasteiger partial charge in [0.2, 0.25) is 0 Å². The number of hydrogen-bond donors (Lipinski definition) is 1. The van der Waals surface area contributed by atoms with E-state index in [1.807, 2.05) is 0 Å². The van der Waals surface area contributed by atoms with E-state index in [2.05, 4.69) is 0 Å². The van der Waals surface area contributed by atoms with E-state index in [1.54, 1.807) is 13.8 Å². The molecule has 0 aliphatic carbocycles. The van der Waals surface area contributed by atoms with E-state index in [1.165, 1.54) is 13.8 Å². The Balaban J connectivity index is 4.76. The van der Waals surface area contributed by atoms with E-state index in [-0.39, 0.29) is 5.92 Å². The van der Waals surface area contributed by atoms with E-state index in [0.717, 1.165) is 0 Å². The highest BCUT2D eigenvalue weighted by atomic mass is 32.2. The molecule has 4 heteroatoms. The van der Waals surface area contributed by atoms with Gasteiger partial charge < -0.3 is 0 Å². The molecule has 0 amide bonds. The van der Waals surface area contributed by atoms with Crippen LogP contribution in [0.1, 0.15) is 27.7 Å². The second-order valence-corrected chi connectivity index (χ2v) is 5.24. The molecule has 0 aromatic heterocycles. The SMILES string of the molecule is CC(C)C(C)(C)S(=O)(=O)O. The van der Waals surface area contributed by atoms with Crippen LogP contribution in [0.4, 0.5) is 0 Å². The van der Waals surface area contributed by atoms with Crippen LogP contribution in [-0.2, 0) is 10.1 Å². The first-order chi connectivity index (χ1) is 4.19. The molecule has 10 heavy (non-hydrogen) atoms. The van der Waals surface area contributed by atoms with E-state index in [9.17, 15) is 8.42 Å². The maximum absolute atomic E-state index is 10.6. The van der Waals surface area contributed by atoms with Gasteiger partial charge in [0.05, 0.1) is 4.75 Å². The first-order valence-electron chi connectivity index (χ1n) is 3.16. The molecule has 0 spiro atoms. The van der Waals surface area contributed by atoms with Crippen LogP contribution < -0.4 is 0 Å². The third kappa shape index (κ3) is 1.70. The molecule has 0 aromatic carbocycles. The van der Waals surface area contributed by atoms with E-state index >= 15 is 0 Å². The zero-order chi connectivity index (χ0) is 8.58. The predicted octanol–water partition coefficient (Wildman–Crippen LogP) is 1.31. The van der Waals surface area contributed by atoms with Crippen LogP contribution >= 0.6 is 0 Å². The molecule has 0 saturated carbocycles. The summed E-state index contributed by atoms with van der Waals surface area (Å²) in [6.07, 6.45) is 0. The summed E-state index contributed by atoms with van der Waals surface area (Å²) < 4.78 is 29.0. The van der Waals surface area contributed by atoms with Gasteiger partial charge in [-0.15, -0.1) is 0 Å². The van der Waals surface area contributed by atoms with Gasteiger partial charge in [-0.1, -0.05) is 13.8 Å². The Morgan fingerprint density at radius 2 is 1.60 bits per heavy atom. The van der Waals surface area contributed by atoms with Crippen molar-refractivity contribution in [2.75, 3.05) is 0 Å². The second kappa shape index (κ2) is 2.51. The molecule has 1 N–H and O–H groups in total. The lowest BCUT2D eigenvalue weighted by molar-refractivity contribution is 0.392. The summed E-state index contributed by atoms with van der Waals surface area (Å²) in [5.74, 6) is -0.0810. The molecule has 3 nitrogen and oxygen atoms in total. The second-order valence-electron chi connectivity index (χ2n) is 3.23. The monoisotopic (exact) mass is 166 g/mol. The summed E-state index contributed by atoms with van der Waals surface area (Å²) in [7, 11) is -3.90. The Morgan fingerprint density at radius 1 is 1.30 bits per heavy atom.